The second-order valence-electron chi connectivity index (χ2n) is 7.21. The molecule has 0 fully saturated rings. The molecule has 0 aliphatic rings. The van der Waals surface area contributed by atoms with Crippen LogP contribution in [0.1, 0.15) is 42.4 Å². The Morgan fingerprint density at radius 1 is 0.690 bits per heavy atom. The highest BCUT2D eigenvalue weighted by molar-refractivity contribution is 8.01. The van der Waals surface area contributed by atoms with Crippen LogP contribution < -0.4 is 5.73 Å². The van der Waals surface area contributed by atoms with Gasteiger partial charge in [-0.15, -0.1) is 11.8 Å². The number of carbonyl (C=O) groups excluding carboxylic acids is 1. The highest BCUT2D eigenvalue weighted by Gasteiger charge is 2.37. The van der Waals surface area contributed by atoms with Crippen LogP contribution in [0.25, 0.3) is 0 Å². The molecule has 0 amide bonds. The summed E-state index contributed by atoms with van der Waals surface area (Å²) >= 11 is 1.73. The molecule has 29 heavy (non-hydrogen) atoms. The van der Waals surface area contributed by atoms with Crippen molar-refractivity contribution in [2.75, 3.05) is 12.3 Å². The van der Waals surface area contributed by atoms with Gasteiger partial charge >= 0.3 is 0 Å². The first-order valence-corrected chi connectivity index (χ1v) is 11.3. The van der Waals surface area contributed by atoms with Crippen molar-refractivity contribution < 1.29 is 4.79 Å². The van der Waals surface area contributed by atoms with Crippen LogP contribution in [0.15, 0.2) is 91.0 Å². The molecule has 2 nitrogen and oxygen atoms in total. The summed E-state index contributed by atoms with van der Waals surface area (Å²) in [4.78, 5) is 12.7. The molecule has 0 saturated carbocycles. The van der Waals surface area contributed by atoms with Crippen molar-refractivity contribution >= 4 is 17.5 Å². The van der Waals surface area contributed by atoms with E-state index in [0.29, 0.717) is 24.5 Å². The van der Waals surface area contributed by atoms with Crippen LogP contribution in [-0.4, -0.2) is 18.1 Å². The minimum Gasteiger partial charge on any atom is -0.330 e. The lowest BCUT2D eigenvalue weighted by molar-refractivity contribution is -0.116. The predicted molar refractivity (Wildman–Crippen MR) is 124 cm³/mol. The average molecular weight is 404 g/mol. The molecule has 3 heteroatoms. The number of carbonyl (C=O) groups is 1. The minimum absolute atomic E-state index is 0.305. The fourth-order valence-corrected chi connectivity index (χ4v) is 5.10. The standard InChI is InChI=1S/C26H29NOS/c27-20-12-4-11-19-25(28)21-29-26(22-13-5-1-6-14-22,23-15-7-2-8-16-23)24-17-9-3-10-18-24/h1-3,5-10,13-18H,4,11-12,19-21,27H2. The Labute approximate surface area is 178 Å². The molecule has 0 atom stereocenters. The number of ketones is 1. The van der Waals surface area contributed by atoms with Gasteiger partial charge in [0.25, 0.3) is 0 Å². The van der Waals surface area contributed by atoms with Gasteiger partial charge < -0.3 is 5.73 Å². The van der Waals surface area contributed by atoms with E-state index in [1.165, 1.54) is 16.7 Å². The monoisotopic (exact) mass is 403 g/mol. The number of thioether (sulfide) groups is 1. The number of benzene rings is 3. The molecule has 0 saturated heterocycles. The van der Waals surface area contributed by atoms with Gasteiger partial charge in [0.2, 0.25) is 0 Å². The molecular formula is C26H29NOS. The topological polar surface area (TPSA) is 43.1 Å². The predicted octanol–water partition coefficient (Wildman–Crippen LogP) is 5.80. The van der Waals surface area contributed by atoms with Crippen molar-refractivity contribution in [1.29, 1.82) is 0 Å². The Bertz CT molecular complexity index is 768. The molecule has 2 N–H and O–H groups in total. The molecule has 3 aromatic carbocycles. The molecule has 0 bridgehead atoms. The van der Waals surface area contributed by atoms with Gasteiger partial charge in [-0.05, 0) is 36.1 Å². The average Bonchev–Trinajstić information content (AvgIpc) is 2.79. The van der Waals surface area contributed by atoms with Gasteiger partial charge in [-0.25, -0.2) is 0 Å². The molecule has 0 aliphatic heterocycles. The molecule has 3 rings (SSSR count). The number of Topliss-reactive ketones (excluding diaryl/α,β-unsaturated/α-hetero) is 1. The largest absolute Gasteiger partial charge is 0.330 e. The lowest BCUT2D eigenvalue weighted by Crippen LogP contribution is -2.27. The molecule has 0 radical (unpaired) electrons. The van der Waals surface area contributed by atoms with Crippen LogP contribution in [0.4, 0.5) is 0 Å². The van der Waals surface area contributed by atoms with Crippen molar-refractivity contribution in [2.45, 2.75) is 30.4 Å². The Morgan fingerprint density at radius 2 is 1.14 bits per heavy atom. The van der Waals surface area contributed by atoms with E-state index in [1.54, 1.807) is 11.8 Å². The van der Waals surface area contributed by atoms with Gasteiger partial charge in [-0.2, -0.15) is 0 Å². The molecule has 0 aromatic heterocycles. The SMILES string of the molecule is NCCCCCC(=O)CSC(c1ccccc1)(c1ccccc1)c1ccccc1. The van der Waals surface area contributed by atoms with E-state index in [2.05, 4.69) is 72.8 Å². The first-order chi connectivity index (χ1) is 14.3. The third-order valence-electron chi connectivity index (χ3n) is 5.15. The van der Waals surface area contributed by atoms with Crippen molar-refractivity contribution in [3.8, 4) is 0 Å². The fourth-order valence-electron chi connectivity index (χ4n) is 3.67. The summed E-state index contributed by atoms with van der Waals surface area (Å²) in [7, 11) is 0. The zero-order chi connectivity index (χ0) is 20.4. The smallest absolute Gasteiger partial charge is 0.142 e. The van der Waals surface area contributed by atoms with E-state index in [0.717, 1.165) is 19.3 Å². The summed E-state index contributed by atoms with van der Waals surface area (Å²) in [6, 6.07) is 31.6. The van der Waals surface area contributed by atoms with E-state index in [9.17, 15) is 4.79 Å². The Hall–Kier alpha value is -2.36. The second-order valence-corrected chi connectivity index (χ2v) is 8.40. The van der Waals surface area contributed by atoms with Crippen molar-refractivity contribution in [3.05, 3.63) is 108 Å². The third-order valence-corrected chi connectivity index (χ3v) is 6.76. The first-order valence-electron chi connectivity index (χ1n) is 10.3. The Balaban J connectivity index is 1.96. The van der Waals surface area contributed by atoms with Crippen LogP contribution in [0, 0.1) is 0 Å². The minimum atomic E-state index is -0.420. The fraction of sp³-hybridized carbons (Fsp3) is 0.269. The van der Waals surface area contributed by atoms with E-state index in [4.69, 9.17) is 5.73 Å². The Kier molecular flexibility index (Phi) is 8.09. The molecule has 0 unspecified atom stereocenters. The van der Waals surface area contributed by atoms with E-state index < -0.39 is 4.75 Å². The zero-order valence-corrected chi connectivity index (χ0v) is 17.6. The number of nitrogens with two attached hydrogens (primary N) is 1. The van der Waals surface area contributed by atoms with Crippen LogP contribution in [0.3, 0.4) is 0 Å². The lowest BCUT2D eigenvalue weighted by Gasteiger charge is -2.35. The molecule has 0 aliphatic carbocycles. The second kappa shape index (κ2) is 11.0. The van der Waals surface area contributed by atoms with Gasteiger partial charge in [0.1, 0.15) is 5.78 Å². The van der Waals surface area contributed by atoms with E-state index in [1.807, 2.05) is 18.2 Å². The van der Waals surface area contributed by atoms with Gasteiger partial charge in [-0.1, -0.05) is 97.4 Å². The summed E-state index contributed by atoms with van der Waals surface area (Å²) in [6.45, 7) is 0.697. The summed E-state index contributed by atoms with van der Waals surface area (Å²) in [6.07, 6.45) is 3.56. The van der Waals surface area contributed by atoms with Crippen LogP contribution in [0.2, 0.25) is 0 Å². The maximum Gasteiger partial charge on any atom is 0.142 e. The van der Waals surface area contributed by atoms with Gasteiger partial charge in [0, 0.05) is 6.42 Å². The molecule has 0 heterocycles. The highest BCUT2D eigenvalue weighted by Crippen LogP contribution is 2.48. The number of unbranched alkanes of at least 4 members (excludes halogenated alkanes) is 2. The quantitative estimate of drug-likeness (QED) is 0.325. The first kappa shape index (κ1) is 21.4. The number of hydrogen-bond donors (Lipinski definition) is 1. The Morgan fingerprint density at radius 3 is 1.55 bits per heavy atom. The van der Waals surface area contributed by atoms with Crippen LogP contribution in [0.5, 0.6) is 0 Å². The van der Waals surface area contributed by atoms with Gasteiger partial charge in [-0.3, -0.25) is 4.79 Å². The number of rotatable bonds is 11. The van der Waals surface area contributed by atoms with Gasteiger partial charge in [0.15, 0.2) is 0 Å². The maximum absolute atomic E-state index is 12.7. The third kappa shape index (κ3) is 5.37. The zero-order valence-electron chi connectivity index (χ0n) is 16.8. The van der Waals surface area contributed by atoms with E-state index >= 15 is 0 Å². The van der Waals surface area contributed by atoms with E-state index in [-0.39, 0.29) is 0 Å². The highest BCUT2D eigenvalue weighted by atomic mass is 32.2. The molecule has 3 aromatic rings. The molecule has 0 spiro atoms. The van der Waals surface area contributed by atoms with Crippen molar-refractivity contribution in [2.24, 2.45) is 5.73 Å². The molecule has 150 valence electrons. The van der Waals surface area contributed by atoms with Crippen LogP contribution in [-0.2, 0) is 9.54 Å². The van der Waals surface area contributed by atoms with Crippen molar-refractivity contribution in [1.82, 2.24) is 0 Å². The summed E-state index contributed by atoms with van der Waals surface area (Å²) in [5.74, 6) is 0.792. The normalized spacial score (nSPS) is 11.3. The summed E-state index contributed by atoms with van der Waals surface area (Å²) in [5, 5.41) is 0. The number of hydrogen-bond acceptors (Lipinski definition) is 3. The molecular weight excluding hydrogens is 374 g/mol. The van der Waals surface area contributed by atoms with Crippen LogP contribution >= 0.6 is 11.8 Å². The maximum atomic E-state index is 12.7. The van der Waals surface area contributed by atoms with Crippen molar-refractivity contribution in [3.63, 3.8) is 0 Å². The lowest BCUT2D eigenvalue weighted by atomic mass is 9.84. The summed E-state index contributed by atoms with van der Waals surface area (Å²) < 4.78 is -0.420. The summed E-state index contributed by atoms with van der Waals surface area (Å²) in [5.41, 5.74) is 9.14. The van der Waals surface area contributed by atoms with Gasteiger partial charge in [0.05, 0.1) is 10.5 Å².